The second-order valence-electron chi connectivity index (χ2n) is 8.15. The Morgan fingerprint density at radius 1 is 1.03 bits per heavy atom. The molecule has 0 unspecified atom stereocenters. The Balaban J connectivity index is 1.82. The number of nitrogens with one attached hydrogen (secondary N) is 1. The average molecular weight is 458 g/mol. The molecule has 1 saturated heterocycles. The molecule has 4 heterocycles. The number of aromatic nitrogens is 4. The number of fused-ring (bicyclic) bond motifs is 5. The minimum absolute atomic E-state index is 0.130. The van der Waals surface area contributed by atoms with Gasteiger partial charge >= 0.3 is 0 Å². The summed E-state index contributed by atoms with van der Waals surface area (Å²) >= 11 is 5.70. The van der Waals surface area contributed by atoms with Crippen LogP contribution in [0.25, 0.3) is 38.5 Å². The Morgan fingerprint density at radius 2 is 1.76 bits per heavy atom. The van der Waals surface area contributed by atoms with Crippen LogP contribution >= 0.6 is 12.2 Å². The summed E-state index contributed by atoms with van der Waals surface area (Å²) in [7, 11) is 0. The second kappa shape index (κ2) is 7.83. The van der Waals surface area contributed by atoms with Crippen molar-refractivity contribution < 1.29 is 4.74 Å². The number of hydrogen-bond acceptors (Lipinski definition) is 5. The minimum Gasteiger partial charge on any atom is -0.378 e. The summed E-state index contributed by atoms with van der Waals surface area (Å²) in [5.74, 6) is 0.867. The third-order valence-electron chi connectivity index (χ3n) is 6.35. The molecule has 0 aliphatic carbocycles. The lowest BCUT2D eigenvalue weighted by Gasteiger charge is -2.28. The molecule has 0 amide bonds. The molecule has 8 heteroatoms. The van der Waals surface area contributed by atoms with Crippen LogP contribution in [0.5, 0.6) is 0 Å². The van der Waals surface area contributed by atoms with Crippen LogP contribution in [0.2, 0.25) is 0 Å². The zero-order valence-corrected chi connectivity index (χ0v) is 19.1. The number of benzene rings is 2. The number of pyridine rings is 1. The molecule has 33 heavy (non-hydrogen) atoms. The first-order valence-electron chi connectivity index (χ1n) is 11.2. The summed E-state index contributed by atoms with van der Waals surface area (Å²) in [5, 5.41) is 1.96. The molecule has 166 valence electrons. The number of aryl methyl sites for hydroxylation is 1. The topological polar surface area (TPSA) is 68.1 Å². The molecule has 3 aromatic heterocycles. The molecule has 0 bridgehead atoms. The summed E-state index contributed by atoms with van der Waals surface area (Å²) in [6.45, 7) is 5.52. The number of H-pyrrole nitrogens is 1. The highest BCUT2D eigenvalue weighted by molar-refractivity contribution is 7.71. The molecular formula is C25H23N5O2S. The number of morpholine rings is 1. The third kappa shape index (κ3) is 3.02. The Bertz CT molecular complexity index is 1630. The molecular weight excluding hydrogens is 434 g/mol. The monoisotopic (exact) mass is 457 g/mol. The van der Waals surface area contributed by atoms with Crippen molar-refractivity contribution in [3.05, 3.63) is 69.7 Å². The van der Waals surface area contributed by atoms with Gasteiger partial charge in [-0.25, -0.2) is 4.98 Å². The normalized spacial score (nSPS) is 14.5. The number of hydrogen-bond donors (Lipinski definition) is 1. The zero-order chi connectivity index (χ0) is 22.5. The fraction of sp³-hybridized carbons (Fsp3) is 0.240. The molecule has 0 atom stereocenters. The van der Waals surface area contributed by atoms with Gasteiger partial charge in [0.15, 0.2) is 4.77 Å². The van der Waals surface area contributed by atoms with Crippen LogP contribution < -0.4 is 10.5 Å². The van der Waals surface area contributed by atoms with Crippen molar-refractivity contribution in [2.45, 2.75) is 13.5 Å². The van der Waals surface area contributed by atoms with E-state index in [2.05, 4.69) is 27.4 Å². The summed E-state index contributed by atoms with van der Waals surface area (Å²) in [4.78, 5) is 24.6. The van der Waals surface area contributed by atoms with Gasteiger partial charge in [0.05, 0.1) is 40.8 Å². The summed E-state index contributed by atoms with van der Waals surface area (Å²) in [6, 6.07) is 17.6. The van der Waals surface area contributed by atoms with Crippen LogP contribution in [0.1, 0.15) is 6.92 Å². The van der Waals surface area contributed by atoms with Crippen molar-refractivity contribution in [2.24, 2.45) is 0 Å². The van der Waals surface area contributed by atoms with Crippen LogP contribution in [-0.2, 0) is 11.3 Å². The first-order valence-corrected chi connectivity index (χ1v) is 11.6. The van der Waals surface area contributed by atoms with Gasteiger partial charge in [-0.1, -0.05) is 36.4 Å². The molecule has 5 aromatic rings. The van der Waals surface area contributed by atoms with Crippen LogP contribution in [0, 0.1) is 4.77 Å². The zero-order valence-electron chi connectivity index (χ0n) is 18.2. The lowest BCUT2D eigenvalue weighted by Crippen LogP contribution is -2.36. The third-order valence-corrected chi connectivity index (χ3v) is 6.64. The molecule has 2 aromatic carbocycles. The van der Waals surface area contributed by atoms with E-state index < -0.39 is 0 Å². The molecule has 1 aliphatic rings. The number of para-hydroxylation sites is 2. The summed E-state index contributed by atoms with van der Waals surface area (Å²) in [5.41, 5.74) is 3.88. The first kappa shape index (κ1) is 20.1. The number of rotatable bonds is 3. The molecule has 1 N–H and O–H groups in total. The minimum atomic E-state index is -0.130. The van der Waals surface area contributed by atoms with E-state index in [-0.39, 0.29) is 5.56 Å². The van der Waals surface area contributed by atoms with Crippen molar-refractivity contribution in [1.82, 2.24) is 19.1 Å². The van der Waals surface area contributed by atoms with Gasteiger partial charge in [0, 0.05) is 25.0 Å². The van der Waals surface area contributed by atoms with Gasteiger partial charge in [0.1, 0.15) is 11.3 Å². The van der Waals surface area contributed by atoms with Gasteiger partial charge in [-0.15, -0.1) is 0 Å². The Hall–Kier alpha value is -3.49. The highest BCUT2D eigenvalue weighted by atomic mass is 32.1. The molecule has 0 saturated carbocycles. The highest BCUT2D eigenvalue weighted by Gasteiger charge is 2.25. The smallest absolute Gasteiger partial charge is 0.283 e. The van der Waals surface area contributed by atoms with E-state index in [1.807, 2.05) is 48.5 Å². The predicted octanol–water partition coefficient (Wildman–Crippen LogP) is 4.41. The quantitative estimate of drug-likeness (QED) is 0.407. The molecule has 1 aliphatic heterocycles. The SMILES string of the molecule is CCn1c2c(=O)n(-c3ccccc3)c(=S)[nH]c2c2c(N3CCOCC3)nc3ccccc3c21. The molecule has 6 rings (SSSR count). The Kier molecular flexibility index (Phi) is 4.78. The molecule has 0 spiro atoms. The maximum atomic E-state index is 13.9. The van der Waals surface area contributed by atoms with Crippen molar-refractivity contribution in [3.8, 4) is 5.69 Å². The fourth-order valence-corrected chi connectivity index (χ4v) is 5.18. The first-order chi connectivity index (χ1) is 16.2. The fourth-order valence-electron chi connectivity index (χ4n) is 4.89. The van der Waals surface area contributed by atoms with Crippen molar-refractivity contribution >= 4 is 50.9 Å². The number of ether oxygens (including phenoxy) is 1. The van der Waals surface area contributed by atoms with E-state index in [1.54, 1.807) is 4.57 Å². The standard InChI is InChI=1S/C25H23N5O2S/c1-2-29-21-17-10-6-7-11-18(17)26-23(28-12-14-32-15-13-28)19(21)20-22(29)24(31)30(25(33)27-20)16-8-4-3-5-9-16/h3-11H,2,12-15H2,1H3,(H,27,33). The van der Waals surface area contributed by atoms with Crippen LogP contribution in [0.4, 0.5) is 5.82 Å². The van der Waals surface area contributed by atoms with Crippen molar-refractivity contribution in [3.63, 3.8) is 0 Å². The number of anilines is 1. The van der Waals surface area contributed by atoms with E-state index in [0.717, 1.165) is 51.9 Å². The average Bonchev–Trinajstić information content (AvgIpc) is 3.19. The maximum Gasteiger partial charge on any atom is 0.283 e. The van der Waals surface area contributed by atoms with E-state index in [1.165, 1.54) is 0 Å². The summed E-state index contributed by atoms with van der Waals surface area (Å²) in [6.07, 6.45) is 0. The van der Waals surface area contributed by atoms with Crippen LogP contribution in [0.15, 0.2) is 59.4 Å². The Morgan fingerprint density at radius 3 is 2.52 bits per heavy atom. The number of aromatic amines is 1. The summed E-state index contributed by atoms with van der Waals surface area (Å²) < 4.78 is 9.63. The number of nitrogens with zero attached hydrogens (tertiary/aromatic N) is 4. The molecule has 1 fully saturated rings. The van der Waals surface area contributed by atoms with Gasteiger partial charge in [0.2, 0.25) is 0 Å². The molecule has 0 radical (unpaired) electrons. The lowest BCUT2D eigenvalue weighted by molar-refractivity contribution is 0.122. The molecule has 7 nitrogen and oxygen atoms in total. The van der Waals surface area contributed by atoms with Gasteiger partial charge in [-0.05, 0) is 37.3 Å². The highest BCUT2D eigenvalue weighted by Crippen LogP contribution is 2.37. The van der Waals surface area contributed by atoms with E-state index in [9.17, 15) is 4.79 Å². The van der Waals surface area contributed by atoms with E-state index >= 15 is 0 Å². The van der Waals surface area contributed by atoms with Crippen LogP contribution in [0.3, 0.4) is 0 Å². The van der Waals surface area contributed by atoms with E-state index in [0.29, 0.717) is 30.0 Å². The Labute approximate surface area is 194 Å². The van der Waals surface area contributed by atoms with Crippen LogP contribution in [-0.4, -0.2) is 45.4 Å². The largest absolute Gasteiger partial charge is 0.378 e. The van der Waals surface area contributed by atoms with E-state index in [4.69, 9.17) is 21.9 Å². The van der Waals surface area contributed by atoms with Gasteiger partial charge < -0.3 is 19.2 Å². The second-order valence-corrected chi connectivity index (χ2v) is 8.54. The van der Waals surface area contributed by atoms with Crippen molar-refractivity contribution in [1.29, 1.82) is 0 Å². The lowest BCUT2D eigenvalue weighted by atomic mass is 10.1. The van der Waals surface area contributed by atoms with Gasteiger partial charge in [-0.3, -0.25) is 9.36 Å². The van der Waals surface area contributed by atoms with Gasteiger partial charge in [-0.2, -0.15) is 0 Å². The predicted molar refractivity (Wildman–Crippen MR) is 134 cm³/mol. The maximum absolute atomic E-state index is 13.9. The van der Waals surface area contributed by atoms with Crippen molar-refractivity contribution in [2.75, 3.05) is 31.2 Å². The van der Waals surface area contributed by atoms with Gasteiger partial charge in [0.25, 0.3) is 5.56 Å².